The molecule has 0 radical (unpaired) electrons. The molecule has 10 heteroatoms. The number of thioether (sulfide) groups is 1. The van der Waals surface area contributed by atoms with Crippen LogP contribution in [0, 0.1) is 0 Å². The minimum atomic E-state index is -0.499. The van der Waals surface area contributed by atoms with Crippen LogP contribution in [0.15, 0.2) is 114 Å². The number of halogens is 1. The van der Waals surface area contributed by atoms with Crippen LogP contribution in [0.4, 0.5) is 11.4 Å². The molecule has 0 aliphatic rings. The van der Waals surface area contributed by atoms with Crippen LogP contribution in [-0.2, 0) is 9.59 Å². The van der Waals surface area contributed by atoms with Gasteiger partial charge < -0.3 is 25.7 Å². The molecule has 222 valence electrons. The summed E-state index contributed by atoms with van der Waals surface area (Å²) in [6.45, 7) is 1.78. The highest BCUT2D eigenvalue weighted by Gasteiger charge is 2.19. The van der Waals surface area contributed by atoms with Crippen LogP contribution >= 0.6 is 23.4 Å². The van der Waals surface area contributed by atoms with Crippen LogP contribution in [0.1, 0.15) is 22.8 Å². The van der Waals surface area contributed by atoms with Crippen molar-refractivity contribution in [1.82, 2.24) is 10.3 Å². The van der Waals surface area contributed by atoms with E-state index in [0.29, 0.717) is 27.7 Å². The summed E-state index contributed by atoms with van der Waals surface area (Å²) in [5.41, 5.74) is 3.13. The van der Waals surface area contributed by atoms with Gasteiger partial charge in [0, 0.05) is 43.8 Å². The second kappa shape index (κ2) is 14.0. The summed E-state index contributed by atoms with van der Waals surface area (Å²) in [5.74, 6) is -0.647. The third kappa shape index (κ3) is 7.50. The molecule has 0 saturated heterocycles. The molecule has 0 saturated carbocycles. The number of benzene rings is 4. The fourth-order valence-electron chi connectivity index (χ4n) is 4.43. The van der Waals surface area contributed by atoms with Crippen LogP contribution < -0.4 is 20.7 Å². The number of methoxy groups -OCH3 is 1. The van der Waals surface area contributed by atoms with Crippen LogP contribution in [-0.4, -0.2) is 35.1 Å². The predicted octanol–water partition coefficient (Wildman–Crippen LogP) is 7.36. The maximum atomic E-state index is 13.6. The zero-order valence-corrected chi connectivity index (χ0v) is 25.5. The number of hydrogen-bond acceptors (Lipinski definition) is 5. The van der Waals surface area contributed by atoms with Gasteiger partial charge in [-0.3, -0.25) is 14.4 Å². The van der Waals surface area contributed by atoms with Crippen LogP contribution in [0.2, 0.25) is 5.02 Å². The molecule has 0 spiro atoms. The van der Waals surface area contributed by atoms with E-state index in [1.165, 1.54) is 18.9 Å². The van der Waals surface area contributed by atoms with Gasteiger partial charge in [-0.1, -0.05) is 54.1 Å². The molecule has 1 unspecified atom stereocenters. The Bertz CT molecular complexity index is 1850. The largest absolute Gasteiger partial charge is 0.495 e. The fourth-order valence-corrected chi connectivity index (χ4v) is 5.53. The quantitative estimate of drug-likeness (QED) is 0.0958. The SMILES string of the molecule is COc1ccc(Cl)cc1NC(=O)C(C)Sc1cccc(NC(=O)/C(=C/c2c[nH]c3ccccc23)NC(=O)c2ccccc2)c1. The molecule has 5 rings (SSSR count). The first-order chi connectivity index (χ1) is 21.3. The first-order valence-electron chi connectivity index (χ1n) is 13.7. The Morgan fingerprint density at radius 1 is 0.909 bits per heavy atom. The van der Waals surface area contributed by atoms with Gasteiger partial charge in [-0.2, -0.15) is 0 Å². The number of anilines is 2. The van der Waals surface area contributed by atoms with E-state index in [1.807, 2.05) is 36.4 Å². The summed E-state index contributed by atoms with van der Waals surface area (Å²) in [4.78, 5) is 43.5. The number of aromatic nitrogens is 1. The zero-order chi connectivity index (χ0) is 31.1. The molecule has 1 heterocycles. The molecule has 0 bridgehead atoms. The number of fused-ring (bicyclic) bond motifs is 1. The molecule has 0 aliphatic heterocycles. The van der Waals surface area contributed by atoms with Crippen LogP contribution in [0.5, 0.6) is 5.75 Å². The first kappa shape index (κ1) is 30.5. The van der Waals surface area contributed by atoms with Crippen molar-refractivity contribution in [2.45, 2.75) is 17.1 Å². The number of para-hydroxylation sites is 1. The number of amides is 3. The lowest BCUT2D eigenvalue weighted by molar-refractivity contribution is -0.115. The van der Waals surface area contributed by atoms with Gasteiger partial charge >= 0.3 is 0 Å². The normalized spacial score (nSPS) is 11.9. The number of carbonyl (C=O) groups excluding carboxylic acids is 3. The van der Waals surface area contributed by atoms with Gasteiger partial charge in [0.05, 0.1) is 18.0 Å². The molecule has 0 fully saturated rings. The van der Waals surface area contributed by atoms with Crippen molar-refractivity contribution in [2.75, 3.05) is 17.7 Å². The molecule has 8 nitrogen and oxygen atoms in total. The second-order valence-electron chi connectivity index (χ2n) is 9.74. The highest BCUT2D eigenvalue weighted by molar-refractivity contribution is 8.00. The smallest absolute Gasteiger partial charge is 0.272 e. The predicted molar refractivity (Wildman–Crippen MR) is 177 cm³/mol. The average Bonchev–Trinajstić information content (AvgIpc) is 3.44. The van der Waals surface area contributed by atoms with Crippen molar-refractivity contribution >= 4 is 69.4 Å². The van der Waals surface area contributed by atoms with Gasteiger partial charge in [-0.25, -0.2) is 0 Å². The minimum Gasteiger partial charge on any atom is -0.495 e. The fraction of sp³-hybridized carbons (Fsp3) is 0.0882. The molecule has 1 aromatic heterocycles. The highest BCUT2D eigenvalue weighted by atomic mass is 35.5. The highest BCUT2D eigenvalue weighted by Crippen LogP contribution is 2.31. The Balaban J connectivity index is 1.33. The Labute approximate surface area is 263 Å². The molecular weight excluding hydrogens is 596 g/mol. The summed E-state index contributed by atoms with van der Waals surface area (Å²) in [5, 5.41) is 9.42. The van der Waals surface area contributed by atoms with Gasteiger partial charge in [0.25, 0.3) is 11.8 Å². The topological polar surface area (TPSA) is 112 Å². The summed E-state index contributed by atoms with van der Waals surface area (Å²) in [7, 11) is 1.52. The van der Waals surface area contributed by atoms with Crippen LogP contribution in [0.25, 0.3) is 17.0 Å². The van der Waals surface area contributed by atoms with Crippen molar-refractivity contribution in [1.29, 1.82) is 0 Å². The van der Waals surface area contributed by atoms with E-state index < -0.39 is 17.1 Å². The number of rotatable bonds is 10. The Kier molecular flexibility index (Phi) is 9.69. The third-order valence-corrected chi connectivity index (χ3v) is 7.97. The summed E-state index contributed by atoms with van der Waals surface area (Å²) in [6.07, 6.45) is 3.43. The monoisotopic (exact) mass is 624 g/mol. The minimum absolute atomic E-state index is 0.0740. The van der Waals surface area contributed by atoms with E-state index in [0.717, 1.165) is 21.4 Å². The summed E-state index contributed by atoms with van der Waals surface area (Å²) in [6, 6.07) is 28.5. The lowest BCUT2D eigenvalue weighted by atomic mass is 10.1. The molecule has 1 atom stereocenters. The van der Waals surface area contributed by atoms with Crippen molar-refractivity contribution in [3.05, 3.63) is 125 Å². The van der Waals surface area contributed by atoms with Gasteiger partial charge in [-0.05, 0) is 67.6 Å². The molecule has 0 aliphatic carbocycles. The molecule has 3 amide bonds. The first-order valence-corrected chi connectivity index (χ1v) is 14.9. The van der Waals surface area contributed by atoms with Crippen molar-refractivity contribution in [3.63, 3.8) is 0 Å². The molecule has 5 aromatic rings. The van der Waals surface area contributed by atoms with E-state index in [2.05, 4.69) is 20.9 Å². The standard InChI is InChI=1S/C34H29ClN4O4S/c1-21(32(40)38-29-18-24(35)15-16-31(29)43-2)44-26-12-8-11-25(19-26)37-34(42)30(39-33(41)22-9-4-3-5-10-22)17-23-20-36-28-14-7-6-13-27(23)28/h3-21,36H,1-2H3,(H,37,42)(H,38,40)(H,39,41)/b30-17-. The van der Waals surface area contributed by atoms with Gasteiger partial charge in [0.1, 0.15) is 11.4 Å². The van der Waals surface area contributed by atoms with E-state index in [-0.39, 0.29) is 11.6 Å². The van der Waals surface area contributed by atoms with Crippen molar-refractivity contribution in [3.8, 4) is 5.75 Å². The Morgan fingerprint density at radius 2 is 1.68 bits per heavy atom. The Morgan fingerprint density at radius 3 is 2.48 bits per heavy atom. The Hall–Kier alpha value is -4.99. The van der Waals surface area contributed by atoms with Gasteiger partial charge in [0.2, 0.25) is 5.91 Å². The summed E-state index contributed by atoms with van der Waals surface area (Å²) < 4.78 is 5.32. The van der Waals surface area contributed by atoms with Gasteiger partial charge in [-0.15, -0.1) is 11.8 Å². The maximum Gasteiger partial charge on any atom is 0.272 e. The maximum absolute atomic E-state index is 13.6. The molecule has 44 heavy (non-hydrogen) atoms. The number of carbonyl (C=O) groups is 3. The number of H-pyrrole nitrogens is 1. The zero-order valence-electron chi connectivity index (χ0n) is 23.9. The summed E-state index contributed by atoms with van der Waals surface area (Å²) >= 11 is 7.42. The lowest BCUT2D eigenvalue weighted by Crippen LogP contribution is -2.30. The lowest BCUT2D eigenvalue weighted by Gasteiger charge is -2.15. The third-order valence-electron chi connectivity index (χ3n) is 6.64. The number of ether oxygens (including phenoxy) is 1. The van der Waals surface area contributed by atoms with Crippen molar-refractivity contribution in [2.24, 2.45) is 0 Å². The van der Waals surface area contributed by atoms with E-state index >= 15 is 0 Å². The second-order valence-corrected chi connectivity index (χ2v) is 11.6. The molecule has 4 aromatic carbocycles. The van der Waals surface area contributed by atoms with Crippen LogP contribution in [0.3, 0.4) is 0 Å². The van der Waals surface area contributed by atoms with Crippen molar-refractivity contribution < 1.29 is 19.1 Å². The van der Waals surface area contributed by atoms with E-state index in [1.54, 1.807) is 79.9 Å². The molecule has 4 N–H and O–H groups in total. The number of hydrogen-bond donors (Lipinski definition) is 4. The van der Waals surface area contributed by atoms with E-state index in [4.69, 9.17) is 16.3 Å². The average molecular weight is 625 g/mol. The number of nitrogens with one attached hydrogen (secondary N) is 4. The van der Waals surface area contributed by atoms with E-state index in [9.17, 15) is 14.4 Å². The molecular formula is C34H29ClN4O4S. The number of aromatic amines is 1. The van der Waals surface area contributed by atoms with Gasteiger partial charge in [0.15, 0.2) is 0 Å².